The topological polar surface area (TPSA) is 75.7 Å². The average molecular weight is 346 g/mol. The molecule has 136 valence electrons. The molecule has 0 aromatic heterocycles. The predicted octanol–water partition coefficient (Wildman–Crippen LogP) is 1.92. The van der Waals surface area contributed by atoms with E-state index >= 15 is 0 Å². The second kappa shape index (κ2) is 9.01. The predicted molar refractivity (Wildman–Crippen MR) is 96.7 cm³/mol. The zero-order valence-corrected chi connectivity index (χ0v) is 15.5. The van der Waals surface area contributed by atoms with Gasteiger partial charge in [-0.05, 0) is 39.3 Å². The number of nitrogens with zero attached hydrogens (tertiary/aromatic N) is 1. The highest BCUT2D eigenvalue weighted by Gasteiger charge is 2.18. The number of likely N-dealkylation sites (N-methyl/N-ethyl adjacent to an activating group) is 1. The molecule has 2 amide bonds. The molecular formula is C19H26N2O4. The van der Waals surface area contributed by atoms with Crippen LogP contribution in [0.1, 0.15) is 31.9 Å². The van der Waals surface area contributed by atoms with Crippen LogP contribution in [-0.4, -0.2) is 48.4 Å². The van der Waals surface area contributed by atoms with Crippen molar-refractivity contribution in [2.75, 3.05) is 20.2 Å². The Morgan fingerprint density at radius 2 is 1.92 bits per heavy atom. The molecule has 0 saturated carbocycles. The molecule has 0 bridgehead atoms. The number of amides is 2. The number of ether oxygens (including phenoxy) is 1. The van der Waals surface area contributed by atoms with E-state index in [9.17, 15) is 14.4 Å². The minimum absolute atomic E-state index is 0.0905. The second-order valence-corrected chi connectivity index (χ2v) is 6.90. The van der Waals surface area contributed by atoms with E-state index in [1.54, 1.807) is 6.08 Å². The van der Waals surface area contributed by atoms with Crippen molar-refractivity contribution in [2.45, 2.75) is 33.2 Å². The highest BCUT2D eigenvalue weighted by atomic mass is 16.5. The van der Waals surface area contributed by atoms with Crippen molar-refractivity contribution >= 4 is 23.9 Å². The Morgan fingerprint density at radius 1 is 1.24 bits per heavy atom. The third-order valence-electron chi connectivity index (χ3n) is 3.11. The molecule has 1 N–H and O–H groups in total. The van der Waals surface area contributed by atoms with Gasteiger partial charge in [0, 0.05) is 18.7 Å². The first-order valence-corrected chi connectivity index (χ1v) is 8.03. The second-order valence-electron chi connectivity index (χ2n) is 6.90. The lowest BCUT2D eigenvalue weighted by Crippen LogP contribution is -2.46. The van der Waals surface area contributed by atoms with E-state index < -0.39 is 18.5 Å². The lowest BCUT2D eigenvalue weighted by molar-refractivity contribution is -0.148. The number of carbonyl (C=O) groups is 3. The van der Waals surface area contributed by atoms with Crippen molar-refractivity contribution in [3.8, 4) is 0 Å². The highest BCUT2D eigenvalue weighted by Crippen LogP contribution is 2.06. The van der Waals surface area contributed by atoms with Crippen molar-refractivity contribution in [3.05, 3.63) is 41.5 Å². The Labute approximate surface area is 148 Å². The van der Waals surface area contributed by atoms with Gasteiger partial charge in [-0.25, -0.2) is 4.79 Å². The molecule has 6 nitrogen and oxygen atoms in total. The number of nitrogens with one attached hydrogen (secondary N) is 1. The molecule has 1 aromatic carbocycles. The maximum absolute atomic E-state index is 11.9. The molecule has 0 aliphatic rings. The normalized spacial score (nSPS) is 11.2. The average Bonchev–Trinajstić information content (AvgIpc) is 2.48. The fraction of sp³-hybridized carbons (Fsp3) is 0.421. The molecular weight excluding hydrogens is 320 g/mol. The monoisotopic (exact) mass is 346 g/mol. The van der Waals surface area contributed by atoms with Gasteiger partial charge in [0.05, 0.1) is 6.54 Å². The third kappa shape index (κ3) is 8.69. The molecule has 0 unspecified atom stereocenters. The molecule has 1 aromatic rings. The molecule has 0 saturated heterocycles. The number of carbonyl (C=O) groups excluding carboxylic acids is 3. The summed E-state index contributed by atoms with van der Waals surface area (Å²) in [4.78, 5) is 36.6. The Morgan fingerprint density at radius 3 is 2.52 bits per heavy atom. The first kappa shape index (κ1) is 20.4. The van der Waals surface area contributed by atoms with E-state index in [1.165, 1.54) is 18.0 Å². The van der Waals surface area contributed by atoms with Gasteiger partial charge in [0.1, 0.15) is 0 Å². The van der Waals surface area contributed by atoms with E-state index in [-0.39, 0.29) is 18.0 Å². The zero-order chi connectivity index (χ0) is 19.0. The van der Waals surface area contributed by atoms with Gasteiger partial charge in [0.25, 0.3) is 5.91 Å². The molecule has 0 spiro atoms. The summed E-state index contributed by atoms with van der Waals surface area (Å²) in [6.07, 6.45) is 2.90. The Balaban J connectivity index is 2.42. The van der Waals surface area contributed by atoms with E-state index in [4.69, 9.17) is 4.74 Å². The van der Waals surface area contributed by atoms with Crippen LogP contribution in [0.4, 0.5) is 0 Å². The van der Waals surface area contributed by atoms with Gasteiger partial charge in [-0.1, -0.05) is 29.8 Å². The SMILES string of the molecule is Cc1cccc(/C=C/C(=O)OCC(=O)N(C)CC(=O)NC(C)(C)C)c1. The summed E-state index contributed by atoms with van der Waals surface area (Å²) in [6, 6.07) is 7.64. The molecule has 25 heavy (non-hydrogen) atoms. The summed E-state index contributed by atoms with van der Waals surface area (Å²) in [5.41, 5.74) is 1.59. The van der Waals surface area contributed by atoms with Crippen molar-refractivity contribution in [3.63, 3.8) is 0 Å². The zero-order valence-electron chi connectivity index (χ0n) is 15.5. The standard InChI is InChI=1S/C19H26N2O4/c1-14-7-6-8-15(11-14)9-10-18(24)25-13-17(23)21(5)12-16(22)20-19(2,3)4/h6-11H,12-13H2,1-5H3,(H,20,22)/b10-9+. The Bertz CT molecular complexity index is 660. The van der Waals surface area contributed by atoms with Gasteiger partial charge in [-0.3, -0.25) is 9.59 Å². The van der Waals surface area contributed by atoms with Crippen molar-refractivity contribution in [1.29, 1.82) is 0 Å². The van der Waals surface area contributed by atoms with Crippen molar-refractivity contribution in [1.82, 2.24) is 10.2 Å². The number of rotatable bonds is 6. The molecule has 0 aliphatic carbocycles. The molecule has 0 fully saturated rings. The largest absolute Gasteiger partial charge is 0.452 e. The third-order valence-corrected chi connectivity index (χ3v) is 3.11. The van der Waals surface area contributed by atoms with Crippen LogP contribution in [0, 0.1) is 6.92 Å². The lowest BCUT2D eigenvalue weighted by Gasteiger charge is -2.23. The van der Waals surface area contributed by atoms with E-state index in [1.807, 2.05) is 52.0 Å². The van der Waals surface area contributed by atoms with Crippen molar-refractivity contribution < 1.29 is 19.1 Å². The lowest BCUT2D eigenvalue weighted by atomic mass is 10.1. The minimum atomic E-state index is -0.609. The van der Waals surface area contributed by atoms with Gasteiger partial charge >= 0.3 is 5.97 Å². The molecule has 0 heterocycles. The maximum atomic E-state index is 11.9. The number of hydrogen-bond donors (Lipinski definition) is 1. The first-order valence-electron chi connectivity index (χ1n) is 8.03. The molecule has 0 radical (unpaired) electrons. The van der Waals surface area contributed by atoms with E-state index in [2.05, 4.69) is 5.32 Å². The molecule has 1 rings (SSSR count). The minimum Gasteiger partial charge on any atom is -0.452 e. The quantitative estimate of drug-likeness (QED) is 0.631. The number of benzene rings is 1. The summed E-state index contributed by atoms with van der Waals surface area (Å²) >= 11 is 0. The molecule has 0 aliphatic heterocycles. The fourth-order valence-corrected chi connectivity index (χ4v) is 1.99. The van der Waals surface area contributed by atoms with Gasteiger partial charge in [0.15, 0.2) is 6.61 Å². The first-order chi connectivity index (χ1) is 11.6. The van der Waals surface area contributed by atoms with Gasteiger partial charge in [-0.2, -0.15) is 0 Å². The van der Waals surface area contributed by atoms with Crippen LogP contribution in [0.15, 0.2) is 30.3 Å². The highest BCUT2D eigenvalue weighted by molar-refractivity contribution is 5.90. The smallest absolute Gasteiger partial charge is 0.331 e. The molecule has 6 heteroatoms. The van der Waals surface area contributed by atoms with Crippen molar-refractivity contribution in [2.24, 2.45) is 0 Å². The van der Waals surface area contributed by atoms with Gasteiger partial charge in [-0.15, -0.1) is 0 Å². The molecule has 0 atom stereocenters. The van der Waals surface area contributed by atoms with Crippen LogP contribution < -0.4 is 5.32 Å². The summed E-state index contributed by atoms with van der Waals surface area (Å²) in [5, 5.41) is 2.76. The Hall–Kier alpha value is -2.63. The number of esters is 1. The van der Waals surface area contributed by atoms with Crippen LogP contribution in [0.3, 0.4) is 0 Å². The number of aryl methyl sites for hydroxylation is 1. The van der Waals surface area contributed by atoms with Crippen LogP contribution in [0.2, 0.25) is 0 Å². The van der Waals surface area contributed by atoms with E-state index in [0.717, 1.165) is 11.1 Å². The number of hydrogen-bond acceptors (Lipinski definition) is 4. The fourth-order valence-electron chi connectivity index (χ4n) is 1.99. The van der Waals surface area contributed by atoms with Crippen LogP contribution in [0.25, 0.3) is 6.08 Å². The van der Waals surface area contributed by atoms with Crippen LogP contribution >= 0.6 is 0 Å². The van der Waals surface area contributed by atoms with Crippen LogP contribution in [0.5, 0.6) is 0 Å². The summed E-state index contributed by atoms with van der Waals surface area (Å²) in [5.74, 6) is -1.32. The van der Waals surface area contributed by atoms with Gasteiger partial charge < -0.3 is 15.0 Å². The summed E-state index contributed by atoms with van der Waals surface area (Å²) in [7, 11) is 1.49. The summed E-state index contributed by atoms with van der Waals surface area (Å²) < 4.78 is 4.91. The maximum Gasteiger partial charge on any atom is 0.331 e. The Kier molecular flexibility index (Phi) is 7.36. The van der Waals surface area contributed by atoms with E-state index in [0.29, 0.717) is 0 Å². The summed E-state index contributed by atoms with van der Waals surface area (Å²) in [6.45, 7) is 7.03. The van der Waals surface area contributed by atoms with Crippen LogP contribution in [-0.2, 0) is 19.1 Å². The van der Waals surface area contributed by atoms with Gasteiger partial charge in [0.2, 0.25) is 5.91 Å².